The number of benzene rings is 3. The van der Waals surface area contributed by atoms with Gasteiger partial charge in [0.2, 0.25) is 0 Å². The third-order valence-electron chi connectivity index (χ3n) is 5.55. The Labute approximate surface area is 197 Å². The second kappa shape index (κ2) is 10.1. The molecule has 0 saturated heterocycles. The molecule has 0 bridgehead atoms. The van der Waals surface area contributed by atoms with Gasteiger partial charge in [-0.25, -0.2) is 0 Å². The number of hydrogen-bond donors (Lipinski definition) is 0. The van der Waals surface area contributed by atoms with E-state index < -0.39 is 0 Å². The second-order valence-corrected chi connectivity index (χ2v) is 8.26. The molecule has 0 atom stereocenters. The quantitative estimate of drug-likeness (QED) is 0.405. The van der Waals surface area contributed by atoms with Crippen molar-refractivity contribution in [3.05, 3.63) is 81.3 Å². The van der Waals surface area contributed by atoms with Crippen molar-refractivity contribution >= 4 is 21.6 Å². The van der Waals surface area contributed by atoms with E-state index in [1.165, 1.54) is 5.56 Å². The van der Waals surface area contributed by atoms with Crippen LogP contribution in [0.15, 0.2) is 64.1 Å². The number of rotatable bonds is 8. The predicted molar refractivity (Wildman–Crippen MR) is 130 cm³/mol. The van der Waals surface area contributed by atoms with Gasteiger partial charge in [-0.1, -0.05) is 36.4 Å². The lowest BCUT2D eigenvalue weighted by Gasteiger charge is -2.21. The van der Waals surface area contributed by atoms with Gasteiger partial charge in [0.05, 0.1) is 25.8 Å². The zero-order valence-corrected chi connectivity index (χ0v) is 20.1. The lowest BCUT2D eigenvalue weighted by atomic mass is 9.93. The molecule has 0 fully saturated rings. The fraction of sp³-hybridized carbons (Fsp3) is 0.269. The molecule has 0 aromatic heterocycles. The lowest BCUT2D eigenvalue weighted by Crippen LogP contribution is -2.16. The number of ether oxygens (including phenoxy) is 4. The summed E-state index contributed by atoms with van der Waals surface area (Å²) < 4.78 is 23.6. The Morgan fingerprint density at radius 1 is 0.875 bits per heavy atom. The molecule has 0 radical (unpaired) electrons. The van der Waals surface area contributed by atoms with Crippen LogP contribution in [-0.2, 0) is 19.4 Å². The highest BCUT2D eigenvalue weighted by atomic mass is 79.9. The summed E-state index contributed by atoms with van der Waals surface area (Å²) in [5.41, 5.74) is 5.52. The summed E-state index contributed by atoms with van der Waals surface area (Å²) in [6.07, 6.45) is 1.54. The largest absolute Gasteiger partial charge is 0.493 e. The fourth-order valence-corrected chi connectivity index (χ4v) is 4.45. The van der Waals surface area contributed by atoms with Crippen molar-refractivity contribution < 1.29 is 18.9 Å². The van der Waals surface area contributed by atoms with Crippen LogP contribution in [0.3, 0.4) is 0 Å². The van der Waals surface area contributed by atoms with Gasteiger partial charge in [0.1, 0.15) is 6.61 Å². The number of hydrogen-bond acceptors (Lipinski definition) is 5. The molecular formula is C26H26BrNO4. The van der Waals surface area contributed by atoms with Gasteiger partial charge >= 0.3 is 0 Å². The van der Waals surface area contributed by atoms with Gasteiger partial charge in [0, 0.05) is 24.2 Å². The fourth-order valence-electron chi connectivity index (χ4n) is 3.87. The molecule has 5 nitrogen and oxygen atoms in total. The number of nitrogens with zero attached hydrogens (tertiary/aromatic N) is 1. The monoisotopic (exact) mass is 495 g/mol. The summed E-state index contributed by atoms with van der Waals surface area (Å²) in [6.45, 7) is 1.21. The molecule has 3 aromatic carbocycles. The highest BCUT2D eigenvalue weighted by Gasteiger charge is 2.21. The van der Waals surface area contributed by atoms with Crippen LogP contribution in [0.25, 0.3) is 0 Å². The Hall–Kier alpha value is -2.99. The van der Waals surface area contributed by atoms with Crippen molar-refractivity contribution in [2.45, 2.75) is 19.4 Å². The normalized spacial score (nSPS) is 12.6. The Morgan fingerprint density at radius 3 is 2.31 bits per heavy atom. The summed E-state index contributed by atoms with van der Waals surface area (Å²) in [7, 11) is 4.96. The van der Waals surface area contributed by atoms with Crippen molar-refractivity contribution in [1.82, 2.24) is 0 Å². The van der Waals surface area contributed by atoms with Crippen LogP contribution in [-0.4, -0.2) is 33.6 Å². The molecule has 1 aliphatic rings. The molecule has 0 unspecified atom stereocenters. The summed E-state index contributed by atoms with van der Waals surface area (Å²) in [4.78, 5) is 4.83. The van der Waals surface area contributed by atoms with E-state index in [0.29, 0.717) is 30.3 Å². The Bertz CT molecular complexity index is 1130. The summed E-state index contributed by atoms with van der Waals surface area (Å²) >= 11 is 3.76. The topological polar surface area (TPSA) is 49.3 Å². The van der Waals surface area contributed by atoms with E-state index in [-0.39, 0.29) is 0 Å². The minimum Gasteiger partial charge on any atom is -0.493 e. The van der Waals surface area contributed by atoms with Gasteiger partial charge in [-0.05, 0) is 57.2 Å². The smallest absolute Gasteiger partial charge is 0.176 e. The van der Waals surface area contributed by atoms with Gasteiger partial charge in [-0.3, -0.25) is 4.99 Å². The van der Waals surface area contributed by atoms with E-state index in [4.69, 9.17) is 23.9 Å². The maximum Gasteiger partial charge on any atom is 0.176 e. The Morgan fingerprint density at radius 2 is 1.59 bits per heavy atom. The van der Waals surface area contributed by atoms with Crippen LogP contribution in [0.4, 0.5) is 0 Å². The second-order valence-electron chi connectivity index (χ2n) is 7.46. The first kappa shape index (κ1) is 22.2. The van der Waals surface area contributed by atoms with E-state index in [9.17, 15) is 0 Å². The third kappa shape index (κ3) is 4.60. The molecule has 1 aliphatic heterocycles. The van der Waals surface area contributed by atoms with Crippen molar-refractivity contribution in [2.24, 2.45) is 4.99 Å². The summed E-state index contributed by atoms with van der Waals surface area (Å²) in [5, 5.41) is 0. The van der Waals surface area contributed by atoms with E-state index in [1.807, 2.05) is 42.5 Å². The van der Waals surface area contributed by atoms with Gasteiger partial charge in [-0.15, -0.1) is 0 Å². The van der Waals surface area contributed by atoms with Crippen molar-refractivity contribution in [2.75, 3.05) is 27.9 Å². The number of methoxy groups -OCH3 is 3. The first-order chi connectivity index (χ1) is 15.6. The highest BCUT2D eigenvalue weighted by molar-refractivity contribution is 9.10. The van der Waals surface area contributed by atoms with Gasteiger partial charge in [0.25, 0.3) is 0 Å². The number of fused-ring (bicyclic) bond motifs is 1. The molecule has 6 heteroatoms. The minimum absolute atomic E-state index is 0.458. The molecule has 0 N–H and O–H groups in total. The van der Waals surface area contributed by atoms with Gasteiger partial charge in [-0.2, -0.15) is 0 Å². The molecule has 32 heavy (non-hydrogen) atoms. The molecule has 166 valence electrons. The zero-order valence-electron chi connectivity index (χ0n) is 18.5. The summed E-state index contributed by atoms with van der Waals surface area (Å²) in [6, 6.07) is 18.2. The molecule has 4 rings (SSSR count). The molecule has 0 aliphatic carbocycles. The minimum atomic E-state index is 0.458. The van der Waals surface area contributed by atoms with E-state index in [1.54, 1.807) is 21.3 Å². The Balaban J connectivity index is 1.63. The molecule has 0 amide bonds. The number of aliphatic imine (C=N–C) groups is 1. The first-order valence-electron chi connectivity index (χ1n) is 10.4. The van der Waals surface area contributed by atoms with Crippen molar-refractivity contribution in [1.29, 1.82) is 0 Å². The third-order valence-corrected chi connectivity index (χ3v) is 6.42. The highest BCUT2D eigenvalue weighted by Crippen LogP contribution is 2.40. The van der Waals surface area contributed by atoms with E-state index >= 15 is 0 Å². The van der Waals surface area contributed by atoms with Crippen LogP contribution >= 0.6 is 15.9 Å². The zero-order chi connectivity index (χ0) is 22.5. The molecule has 0 spiro atoms. The molecule has 0 saturated carbocycles. The average molecular weight is 496 g/mol. The van der Waals surface area contributed by atoms with Crippen LogP contribution < -0.4 is 18.9 Å². The average Bonchev–Trinajstić information content (AvgIpc) is 2.84. The van der Waals surface area contributed by atoms with Crippen LogP contribution in [0, 0.1) is 0 Å². The van der Waals surface area contributed by atoms with Gasteiger partial charge in [0.15, 0.2) is 23.0 Å². The number of halogens is 1. The SMILES string of the molecule is COc1cc2c(cc1OC)C(Cc1ccc(OC)c(OCc3ccccc3)c1Br)=NCC2. The molecule has 1 heterocycles. The van der Waals surface area contributed by atoms with Crippen molar-refractivity contribution in [3.63, 3.8) is 0 Å². The van der Waals surface area contributed by atoms with E-state index in [2.05, 4.69) is 28.1 Å². The maximum absolute atomic E-state index is 6.16. The summed E-state index contributed by atoms with van der Waals surface area (Å²) in [5.74, 6) is 2.84. The standard InChI is InChI=1S/C26H26BrNO4/c1-29-22-10-9-19(25(27)26(22)32-16-17-7-5-4-6-8-17)13-21-20-15-24(31-3)23(30-2)14-18(20)11-12-28-21/h4-10,14-15H,11-13,16H2,1-3H3. The maximum atomic E-state index is 6.16. The Kier molecular flexibility index (Phi) is 7.00. The van der Waals surface area contributed by atoms with Crippen LogP contribution in [0.5, 0.6) is 23.0 Å². The lowest BCUT2D eigenvalue weighted by molar-refractivity contribution is 0.282. The van der Waals surface area contributed by atoms with Crippen LogP contribution in [0.1, 0.15) is 22.3 Å². The first-order valence-corrected chi connectivity index (χ1v) is 11.2. The van der Waals surface area contributed by atoms with Crippen LogP contribution in [0.2, 0.25) is 0 Å². The molecular weight excluding hydrogens is 470 g/mol. The van der Waals surface area contributed by atoms with Gasteiger partial charge < -0.3 is 18.9 Å². The predicted octanol–water partition coefficient (Wildman–Crippen LogP) is 5.64. The molecule has 3 aromatic rings. The van der Waals surface area contributed by atoms with E-state index in [0.717, 1.165) is 45.6 Å². The van der Waals surface area contributed by atoms with Crippen molar-refractivity contribution in [3.8, 4) is 23.0 Å².